The number of fused-ring (bicyclic) bond motifs is 2. The predicted molar refractivity (Wildman–Crippen MR) is 76.0 cm³/mol. The van der Waals surface area contributed by atoms with Gasteiger partial charge in [-0.25, -0.2) is 0 Å². The lowest BCUT2D eigenvalue weighted by Crippen LogP contribution is -2.47. The van der Waals surface area contributed by atoms with Crippen molar-refractivity contribution in [3.63, 3.8) is 0 Å². The van der Waals surface area contributed by atoms with Crippen LogP contribution in [-0.2, 0) is 4.79 Å². The van der Waals surface area contributed by atoms with Gasteiger partial charge in [-0.2, -0.15) is 0 Å². The van der Waals surface area contributed by atoms with E-state index in [-0.39, 0.29) is 0 Å². The van der Waals surface area contributed by atoms with Crippen LogP contribution in [0.25, 0.3) is 0 Å². The Morgan fingerprint density at radius 3 is 2.42 bits per heavy atom. The molecule has 3 rings (SSSR count). The van der Waals surface area contributed by atoms with Crippen molar-refractivity contribution in [2.75, 3.05) is 26.7 Å². The molecule has 0 aromatic rings. The highest BCUT2D eigenvalue weighted by molar-refractivity contribution is 5.76. The molecule has 0 aromatic heterocycles. The number of amides is 1. The first kappa shape index (κ1) is 13.4. The number of nitrogens with one attached hydrogen (secondary N) is 1. The highest BCUT2D eigenvalue weighted by Crippen LogP contribution is 2.34. The molecule has 1 N–H and O–H groups in total. The van der Waals surface area contributed by atoms with Gasteiger partial charge in [-0.05, 0) is 45.6 Å². The monoisotopic (exact) mass is 265 g/mol. The molecule has 2 bridgehead atoms. The van der Waals surface area contributed by atoms with Gasteiger partial charge in [-0.15, -0.1) is 0 Å². The zero-order chi connectivity index (χ0) is 13.2. The number of nitrogens with zero attached hydrogens (tertiary/aromatic N) is 2. The van der Waals surface area contributed by atoms with E-state index in [1.165, 1.54) is 38.5 Å². The zero-order valence-corrected chi connectivity index (χ0v) is 12.1. The number of hydrogen-bond acceptors (Lipinski definition) is 3. The highest BCUT2D eigenvalue weighted by Gasteiger charge is 2.38. The number of hydrogen-bond donors (Lipinski definition) is 1. The molecule has 0 saturated carbocycles. The fourth-order valence-electron chi connectivity index (χ4n) is 4.09. The van der Waals surface area contributed by atoms with Crippen LogP contribution in [0.4, 0.5) is 0 Å². The third-order valence-electron chi connectivity index (χ3n) is 5.33. The molecule has 0 radical (unpaired) electrons. The summed E-state index contributed by atoms with van der Waals surface area (Å²) in [5, 5.41) is 3.62. The summed E-state index contributed by atoms with van der Waals surface area (Å²) >= 11 is 0. The summed E-state index contributed by atoms with van der Waals surface area (Å²) in [6, 6.07) is 2.20. The third-order valence-corrected chi connectivity index (χ3v) is 5.33. The van der Waals surface area contributed by atoms with E-state index in [2.05, 4.69) is 17.3 Å². The molecule has 108 valence electrons. The Bertz CT molecular complexity index is 313. The summed E-state index contributed by atoms with van der Waals surface area (Å²) < 4.78 is 0. The molecule has 3 aliphatic heterocycles. The Morgan fingerprint density at radius 1 is 1.16 bits per heavy atom. The van der Waals surface area contributed by atoms with Gasteiger partial charge >= 0.3 is 0 Å². The maximum atomic E-state index is 12.0. The molecule has 0 aromatic carbocycles. The molecule has 0 aliphatic carbocycles. The first-order chi connectivity index (χ1) is 9.24. The Balaban J connectivity index is 1.37. The SMILES string of the molecule is CN1C2CCC1CC(NCCC(=O)N1CCCC1)C2. The smallest absolute Gasteiger partial charge is 0.223 e. The van der Waals surface area contributed by atoms with Gasteiger partial charge < -0.3 is 15.1 Å². The van der Waals surface area contributed by atoms with Crippen LogP contribution in [0.3, 0.4) is 0 Å². The molecule has 0 spiro atoms. The molecule has 3 aliphatic rings. The molecule has 2 atom stereocenters. The molecular formula is C15H27N3O. The van der Waals surface area contributed by atoms with Gasteiger partial charge in [0.05, 0.1) is 0 Å². The van der Waals surface area contributed by atoms with E-state index in [1.807, 2.05) is 4.90 Å². The molecule has 2 unspecified atom stereocenters. The van der Waals surface area contributed by atoms with E-state index in [4.69, 9.17) is 0 Å². The second-order valence-electron chi connectivity index (χ2n) is 6.51. The van der Waals surface area contributed by atoms with E-state index < -0.39 is 0 Å². The van der Waals surface area contributed by atoms with E-state index in [0.717, 1.165) is 31.7 Å². The van der Waals surface area contributed by atoms with Crippen LogP contribution in [0.2, 0.25) is 0 Å². The first-order valence-corrected chi connectivity index (χ1v) is 7.97. The summed E-state index contributed by atoms with van der Waals surface area (Å²) in [6.07, 6.45) is 8.34. The quantitative estimate of drug-likeness (QED) is 0.830. The molecule has 3 saturated heterocycles. The second-order valence-corrected chi connectivity index (χ2v) is 6.51. The average Bonchev–Trinajstić information content (AvgIpc) is 2.98. The summed E-state index contributed by atoms with van der Waals surface area (Å²) in [4.78, 5) is 16.5. The first-order valence-electron chi connectivity index (χ1n) is 7.97. The van der Waals surface area contributed by atoms with Gasteiger partial charge in [0.25, 0.3) is 0 Å². The maximum Gasteiger partial charge on any atom is 0.223 e. The standard InChI is InChI=1S/C15H27N3O/c1-17-13-4-5-14(17)11-12(10-13)16-7-6-15(19)18-8-2-3-9-18/h12-14,16H,2-11H2,1H3. The summed E-state index contributed by atoms with van der Waals surface area (Å²) in [5.74, 6) is 0.348. The Morgan fingerprint density at radius 2 is 1.79 bits per heavy atom. The van der Waals surface area contributed by atoms with Crippen LogP contribution in [0.1, 0.15) is 44.9 Å². The van der Waals surface area contributed by atoms with Crippen molar-refractivity contribution in [2.24, 2.45) is 0 Å². The summed E-state index contributed by atoms with van der Waals surface area (Å²) in [5.41, 5.74) is 0. The van der Waals surface area contributed by atoms with Crippen LogP contribution in [-0.4, -0.2) is 60.5 Å². The lowest BCUT2D eigenvalue weighted by molar-refractivity contribution is -0.130. The Kier molecular flexibility index (Phi) is 4.08. The lowest BCUT2D eigenvalue weighted by Gasteiger charge is -2.36. The zero-order valence-electron chi connectivity index (χ0n) is 12.1. The molecule has 1 amide bonds. The fourth-order valence-corrected chi connectivity index (χ4v) is 4.09. The van der Waals surface area contributed by atoms with Crippen LogP contribution < -0.4 is 5.32 Å². The van der Waals surface area contributed by atoms with E-state index in [9.17, 15) is 4.79 Å². The minimum absolute atomic E-state index is 0.348. The normalized spacial score (nSPS) is 35.0. The number of likely N-dealkylation sites (tertiary alicyclic amines) is 1. The van der Waals surface area contributed by atoms with Crippen LogP contribution in [0.5, 0.6) is 0 Å². The van der Waals surface area contributed by atoms with Crippen molar-refractivity contribution >= 4 is 5.91 Å². The number of carbonyl (C=O) groups excluding carboxylic acids is 1. The van der Waals surface area contributed by atoms with Crippen molar-refractivity contribution in [2.45, 2.75) is 63.1 Å². The molecule has 4 heteroatoms. The fraction of sp³-hybridized carbons (Fsp3) is 0.933. The lowest BCUT2D eigenvalue weighted by atomic mass is 9.98. The maximum absolute atomic E-state index is 12.0. The molecule has 4 nitrogen and oxygen atoms in total. The van der Waals surface area contributed by atoms with Crippen molar-refractivity contribution in [3.8, 4) is 0 Å². The number of piperidine rings is 1. The van der Waals surface area contributed by atoms with Crippen molar-refractivity contribution < 1.29 is 4.79 Å². The van der Waals surface area contributed by atoms with Gasteiger partial charge in [0.1, 0.15) is 0 Å². The molecule has 3 fully saturated rings. The van der Waals surface area contributed by atoms with Gasteiger partial charge in [-0.3, -0.25) is 4.79 Å². The average molecular weight is 265 g/mol. The van der Waals surface area contributed by atoms with E-state index in [0.29, 0.717) is 18.4 Å². The molecule has 3 heterocycles. The minimum atomic E-state index is 0.348. The minimum Gasteiger partial charge on any atom is -0.343 e. The molecule has 19 heavy (non-hydrogen) atoms. The van der Waals surface area contributed by atoms with Crippen LogP contribution >= 0.6 is 0 Å². The van der Waals surface area contributed by atoms with Gasteiger partial charge in [0, 0.05) is 44.2 Å². The largest absolute Gasteiger partial charge is 0.343 e. The number of rotatable bonds is 4. The summed E-state index contributed by atoms with van der Waals surface area (Å²) in [7, 11) is 2.27. The van der Waals surface area contributed by atoms with Crippen molar-refractivity contribution in [1.29, 1.82) is 0 Å². The third kappa shape index (κ3) is 2.95. The van der Waals surface area contributed by atoms with Gasteiger partial charge in [0.2, 0.25) is 5.91 Å². The van der Waals surface area contributed by atoms with E-state index >= 15 is 0 Å². The van der Waals surface area contributed by atoms with Gasteiger partial charge in [0.15, 0.2) is 0 Å². The highest BCUT2D eigenvalue weighted by atomic mass is 16.2. The Labute approximate surface area is 116 Å². The van der Waals surface area contributed by atoms with Gasteiger partial charge in [-0.1, -0.05) is 0 Å². The van der Waals surface area contributed by atoms with Crippen molar-refractivity contribution in [1.82, 2.24) is 15.1 Å². The van der Waals surface area contributed by atoms with Crippen molar-refractivity contribution in [3.05, 3.63) is 0 Å². The molecular weight excluding hydrogens is 238 g/mol. The second kappa shape index (κ2) is 5.80. The predicted octanol–water partition coefficient (Wildman–Crippen LogP) is 1.21. The van der Waals surface area contributed by atoms with Crippen LogP contribution in [0.15, 0.2) is 0 Å². The van der Waals surface area contributed by atoms with E-state index in [1.54, 1.807) is 0 Å². The Hall–Kier alpha value is -0.610. The number of carbonyl (C=O) groups is 1. The van der Waals surface area contributed by atoms with Crippen LogP contribution in [0, 0.1) is 0 Å². The summed E-state index contributed by atoms with van der Waals surface area (Å²) in [6.45, 7) is 2.83. The topological polar surface area (TPSA) is 35.6 Å².